The van der Waals surface area contributed by atoms with Crippen molar-refractivity contribution in [3.63, 3.8) is 0 Å². The van der Waals surface area contributed by atoms with Crippen molar-refractivity contribution in [1.29, 1.82) is 0 Å². The molecular formula is C17H24N2O2. The lowest BCUT2D eigenvalue weighted by Crippen LogP contribution is -2.64. The number of carbonyl (C=O) groups is 2. The van der Waals surface area contributed by atoms with Crippen molar-refractivity contribution >= 4 is 11.8 Å². The van der Waals surface area contributed by atoms with Crippen LogP contribution in [0.25, 0.3) is 0 Å². The Balaban J connectivity index is 2.13. The quantitative estimate of drug-likeness (QED) is 0.920. The number of aryl methyl sites for hydroxylation is 1. The zero-order chi connectivity index (χ0) is 15.6. The first-order chi connectivity index (χ1) is 9.90. The van der Waals surface area contributed by atoms with Gasteiger partial charge in [-0.05, 0) is 31.7 Å². The molecule has 2 atom stereocenters. The largest absolute Gasteiger partial charge is 0.343 e. The van der Waals surface area contributed by atoms with E-state index in [1.165, 1.54) is 11.1 Å². The molecule has 1 N–H and O–H groups in total. The van der Waals surface area contributed by atoms with Crippen LogP contribution < -0.4 is 5.32 Å². The van der Waals surface area contributed by atoms with E-state index >= 15 is 0 Å². The van der Waals surface area contributed by atoms with Crippen molar-refractivity contribution in [3.8, 4) is 0 Å². The van der Waals surface area contributed by atoms with Gasteiger partial charge in [-0.3, -0.25) is 9.59 Å². The summed E-state index contributed by atoms with van der Waals surface area (Å²) in [6, 6.07) is 7.49. The molecule has 1 aromatic rings. The highest BCUT2D eigenvalue weighted by Gasteiger charge is 2.39. The molecule has 0 radical (unpaired) electrons. The molecule has 0 aliphatic carbocycles. The normalized spacial score (nSPS) is 22.6. The molecule has 4 heteroatoms. The van der Waals surface area contributed by atoms with Crippen molar-refractivity contribution in [2.24, 2.45) is 5.92 Å². The Labute approximate surface area is 126 Å². The van der Waals surface area contributed by atoms with E-state index in [-0.39, 0.29) is 23.8 Å². The topological polar surface area (TPSA) is 49.4 Å². The van der Waals surface area contributed by atoms with E-state index in [0.29, 0.717) is 6.54 Å². The zero-order valence-corrected chi connectivity index (χ0v) is 13.2. The highest BCUT2D eigenvalue weighted by Crippen LogP contribution is 2.18. The third-order valence-electron chi connectivity index (χ3n) is 3.97. The number of amides is 2. The van der Waals surface area contributed by atoms with Gasteiger partial charge < -0.3 is 10.2 Å². The van der Waals surface area contributed by atoms with Gasteiger partial charge in [-0.2, -0.15) is 0 Å². The summed E-state index contributed by atoms with van der Waals surface area (Å²) in [5.41, 5.74) is 2.41. The highest BCUT2D eigenvalue weighted by molar-refractivity contribution is 5.96. The van der Waals surface area contributed by atoms with Gasteiger partial charge >= 0.3 is 0 Å². The minimum atomic E-state index is -0.426. The number of hydrogen-bond acceptors (Lipinski definition) is 2. The van der Waals surface area contributed by atoms with Crippen LogP contribution in [-0.4, -0.2) is 35.3 Å². The molecule has 4 nitrogen and oxygen atoms in total. The Kier molecular flexibility index (Phi) is 4.66. The number of nitrogens with one attached hydrogen (secondary N) is 1. The summed E-state index contributed by atoms with van der Waals surface area (Å²) in [6.45, 7) is 8.35. The van der Waals surface area contributed by atoms with Crippen molar-refractivity contribution in [3.05, 3.63) is 35.4 Å². The summed E-state index contributed by atoms with van der Waals surface area (Å²) >= 11 is 0. The average molecular weight is 288 g/mol. The van der Waals surface area contributed by atoms with Gasteiger partial charge in [-0.15, -0.1) is 0 Å². The molecule has 0 aromatic heterocycles. The maximum atomic E-state index is 12.4. The standard InChI is InChI=1S/C17H24N2O2/c1-11(2)15-16(20)18-13(4)17(21)19(15)9-8-14-7-5-6-12(3)10-14/h5-7,10-11,13,15H,8-9H2,1-4H3,(H,18,20). The molecular weight excluding hydrogens is 264 g/mol. The SMILES string of the molecule is Cc1cccc(CCN2C(=O)C(C)NC(=O)C2C(C)C)c1. The van der Waals surface area contributed by atoms with Crippen LogP contribution in [0.4, 0.5) is 0 Å². The van der Waals surface area contributed by atoms with Crippen molar-refractivity contribution in [1.82, 2.24) is 10.2 Å². The zero-order valence-electron chi connectivity index (χ0n) is 13.2. The number of rotatable bonds is 4. The number of hydrogen-bond donors (Lipinski definition) is 1. The molecule has 1 aliphatic rings. The van der Waals surface area contributed by atoms with E-state index in [1.54, 1.807) is 11.8 Å². The van der Waals surface area contributed by atoms with E-state index in [2.05, 4.69) is 30.4 Å². The monoisotopic (exact) mass is 288 g/mol. The molecule has 114 valence electrons. The molecule has 1 aliphatic heterocycles. The van der Waals surface area contributed by atoms with Gasteiger partial charge in [0.15, 0.2) is 0 Å². The second-order valence-corrected chi connectivity index (χ2v) is 6.19. The molecule has 0 saturated carbocycles. The summed E-state index contributed by atoms with van der Waals surface area (Å²) in [5, 5.41) is 2.77. The first kappa shape index (κ1) is 15.5. The third kappa shape index (κ3) is 3.43. The molecule has 21 heavy (non-hydrogen) atoms. The van der Waals surface area contributed by atoms with Gasteiger partial charge in [-0.25, -0.2) is 0 Å². The van der Waals surface area contributed by atoms with Crippen LogP contribution in [-0.2, 0) is 16.0 Å². The Hall–Kier alpha value is -1.84. The van der Waals surface area contributed by atoms with Crippen molar-refractivity contribution < 1.29 is 9.59 Å². The minimum Gasteiger partial charge on any atom is -0.343 e. The molecule has 1 heterocycles. The minimum absolute atomic E-state index is 0.0148. The maximum Gasteiger partial charge on any atom is 0.245 e. The number of benzene rings is 1. The molecule has 2 unspecified atom stereocenters. The van der Waals surface area contributed by atoms with E-state index < -0.39 is 6.04 Å². The second kappa shape index (κ2) is 6.29. The molecule has 2 rings (SSSR count). The second-order valence-electron chi connectivity index (χ2n) is 6.19. The molecule has 0 bridgehead atoms. The first-order valence-electron chi connectivity index (χ1n) is 7.56. The highest BCUT2D eigenvalue weighted by atomic mass is 16.2. The number of carbonyl (C=O) groups excluding carboxylic acids is 2. The van der Waals surface area contributed by atoms with Gasteiger partial charge in [0.25, 0.3) is 0 Å². The van der Waals surface area contributed by atoms with Crippen molar-refractivity contribution in [2.75, 3.05) is 6.54 Å². The maximum absolute atomic E-state index is 12.4. The van der Waals surface area contributed by atoms with Crippen LogP contribution in [0.5, 0.6) is 0 Å². The first-order valence-corrected chi connectivity index (χ1v) is 7.56. The average Bonchev–Trinajstić information content (AvgIpc) is 2.40. The lowest BCUT2D eigenvalue weighted by molar-refractivity contribution is -0.150. The Morgan fingerprint density at radius 1 is 1.29 bits per heavy atom. The van der Waals surface area contributed by atoms with Crippen molar-refractivity contribution in [2.45, 2.75) is 46.2 Å². The van der Waals surface area contributed by atoms with Gasteiger partial charge in [0.1, 0.15) is 12.1 Å². The summed E-state index contributed by atoms with van der Waals surface area (Å²) in [7, 11) is 0. The van der Waals surface area contributed by atoms with Crippen LogP contribution in [0.3, 0.4) is 0 Å². The molecule has 1 aromatic carbocycles. The lowest BCUT2D eigenvalue weighted by Gasteiger charge is -2.40. The van der Waals surface area contributed by atoms with Crippen LogP contribution in [0, 0.1) is 12.8 Å². The Bertz CT molecular complexity index is 539. The smallest absolute Gasteiger partial charge is 0.245 e. The van der Waals surface area contributed by atoms with Gasteiger partial charge in [0.2, 0.25) is 11.8 Å². The van der Waals surface area contributed by atoms with Crippen LogP contribution in [0.15, 0.2) is 24.3 Å². The van der Waals surface area contributed by atoms with E-state index in [0.717, 1.165) is 6.42 Å². The Morgan fingerprint density at radius 3 is 2.62 bits per heavy atom. The van der Waals surface area contributed by atoms with Crippen LogP contribution in [0.2, 0.25) is 0 Å². The summed E-state index contributed by atoms with van der Waals surface area (Å²) in [5.74, 6) is 0.0845. The fourth-order valence-electron chi connectivity index (χ4n) is 2.92. The summed E-state index contributed by atoms with van der Waals surface area (Å²) in [4.78, 5) is 26.3. The number of nitrogens with zero attached hydrogens (tertiary/aromatic N) is 1. The Morgan fingerprint density at radius 2 is 2.00 bits per heavy atom. The molecule has 0 spiro atoms. The van der Waals surface area contributed by atoms with Gasteiger partial charge in [0.05, 0.1) is 0 Å². The number of piperazine rings is 1. The molecule has 2 amide bonds. The molecule has 1 fully saturated rings. The van der Waals surface area contributed by atoms with Crippen LogP contribution in [0.1, 0.15) is 31.9 Å². The fourth-order valence-corrected chi connectivity index (χ4v) is 2.92. The predicted octanol–water partition coefficient (Wildman–Crippen LogP) is 1.91. The van der Waals surface area contributed by atoms with Gasteiger partial charge in [0, 0.05) is 6.54 Å². The summed E-state index contributed by atoms with van der Waals surface area (Å²) < 4.78 is 0. The third-order valence-corrected chi connectivity index (χ3v) is 3.97. The lowest BCUT2D eigenvalue weighted by atomic mass is 9.96. The predicted molar refractivity (Wildman–Crippen MR) is 82.8 cm³/mol. The van der Waals surface area contributed by atoms with E-state index in [1.807, 2.05) is 19.9 Å². The van der Waals surface area contributed by atoms with E-state index in [4.69, 9.17) is 0 Å². The molecule has 1 saturated heterocycles. The summed E-state index contributed by atoms with van der Waals surface area (Å²) in [6.07, 6.45) is 0.774. The van der Waals surface area contributed by atoms with Gasteiger partial charge in [-0.1, -0.05) is 43.7 Å². The van der Waals surface area contributed by atoms with Crippen LogP contribution >= 0.6 is 0 Å². The van der Waals surface area contributed by atoms with E-state index in [9.17, 15) is 9.59 Å². The fraction of sp³-hybridized carbons (Fsp3) is 0.529.